The fourth-order valence-electron chi connectivity index (χ4n) is 5.04. The number of aryl methyl sites for hydroxylation is 2. The lowest BCUT2D eigenvalue weighted by molar-refractivity contribution is -0.137. The van der Waals surface area contributed by atoms with Gasteiger partial charge in [0.25, 0.3) is 0 Å². The number of phenolic OH excluding ortho intramolecular Hbond substituents is 2. The molecule has 0 saturated carbocycles. The molecule has 0 radical (unpaired) electrons. The molecule has 264 valence electrons. The van der Waals surface area contributed by atoms with Crippen LogP contribution in [0.4, 0.5) is 13.2 Å². The first-order chi connectivity index (χ1) is 24.7. The van der Waals surface area contributed by atoms with Gasteiger partial charge >= 0.3 is 24.1 Å². The molecule has 0 unspecified atom stereocenters. The normalized spacial score (nSPS) is 11.5. The van der Waals surface area contributed by atoms with Gasteiger partial charge in [0.2, 0.25) is 0 Å². The Labute approximate surface area is 296 Å². The zero-order chi connectivity index (χ0) is 37.6. The second-order valence-electron chi connectivity index (χ2n) is 11.6. The molecule has 5 aromatic rings. The number of alkyl halides is 3. The first-order valence-electron chi connectivity index (χ1n) is 15.7. The van der Waals surface area contributed by atoms with Gasteiger partial charge in [-0.3, -0.25) is 0 Å². The molecule has 0 aromatic heterocycles. The van der Waals surface area contributed by atoms with Gasteiger partial charge in [0.15, 0.2) is 0 Å². The van der Waals surface area contributed by atoms with Crippen molar-refractivity contribution in [2.24, 2.45) is 0 Å². The Morgan fingerprint density at radius 3 is 1.63 bits per heavy atom. The fraction of sp³-hybridized carbons (Fsp3) is 0.0976. The van der Waals surface area contributed by atoms with Crippen LogP contribution in [0.3, 0.4) is 0 Å². The second kappa shape index (κ2) is 15.5. The highest BCUT2D eigenvalue weighted by Gasteiger charge is 2.32. The van der Waals surface area contributed by atoms with E-state index in [1.54, 1.807) is 55.5 Å². The molecule has 0 aliphatic heterocycles. The zero-order valence-electron chi connectivity index (χ0n) is 28.0. The van der Waals surface area contributed by atoms with E-state index in [2.05, 4.69) is 0 Å². The third-order valence-electron chi connectivity index (χ3n) is 7.63. The summed E-state index contributed by atoms with van der Waals surface area (Å²) < 4.78 is 55.6. The van der Waals surface area contributed by atoms with E-state index in [4.69, 9.17) is 14.2 Å². The van der Waals surface area contributed by atoms with Crippen LogP contribution >= 0.6 is 0 Å². The molecule has 2 N–H and O–H groups in total. The van der Waals surface area contributed by atoms with E-state index in [1.807, 2.05) is 38.1 Å². The van der Waals surface area contributed by atoms with Crippen molar-refractivity contribution in [3.63, 3.8) is 0 Å². The number of benzene rings is 5. The molecule has 0 atom stereocenters. The van der Waals surface area contributed by atoms with Gasteiger partial charge in [-0.05, 0) is 109 Å². The molecule has 5 aromatic carbocycles. The Hall–Kier alpha value is -6.62. The molecule has 0 saturated heterocycles. The number of halogens is 3. The average Bonchev–Trinajstić information content (AvgIpc) is 3.07. The first-order valence-corrected chi connectivity index (χ1v) is 15.7. The highest BCUT2D eigenvalue weighted by atomic mass is 19.4. The molecule has 8 nitrogen and oxygen atoms in total. The highest BCUT2D eigenvalue weighted by Crippen LogP contribution is 2.34. The number of carbonyl (C=O) groups excluding carboxylic acids is 3. The average molecular weight is 709 g/mol. The molecule has 0 bridgehead atoms. The third-order valence-corrected chi connectivity index (χ3v) is 7.63. The standard InChI is InChI=1S/C41H31F3O8/c1-4-5-27-11-16-33(25(3)19-27)38(47)50-30-13-9-26(10-14-30)7-8-28-20-31(51-39(48)34-15-6-24(2)18-36(34)45)23-32(21-28)52-40(49)35-17-12-29(22-37(35)46)41(42,43)44/h4-23,45-46H,1-3H3. The zero-order valence-corrected chi connectivity index (χ0v) is 28.0. The minimum absolute atomic E-state index is 0.0946. The van der Waals surface area contributed by atoms with Gasteiger partial charge in [0.05, 0.1) is 11.1 Å². The monoisotopic (exact) mass is 708 g/mol. The summed E-state index contributed by atoms with van der Waals surface area (Å²) >= 11 is 0. The molecule has 0 fully saturated rings. The SMILES string of the molecule is CC=Cc1ccc(C(=O)Oc2ccc(C=Cc3cc(OC(=O)c4ccc(C)cc4O)cc(OC(=O)c4ccc(C(F)(F)F)cc4O)c3)cc2)c(C)c1. The van der Waals surface area contributed by atoms with Crippen LogP contribution in [0.1, 0.15) is 71.4 Å². The van der Waals surface area contributed by atoms with E-state index in [1.165, 1.54) is 30.3 Å². The van der Waals surface area contributed by atoms with Crippen molar-refractivity contribution in [2.75, 3.05) is 0 Å². The number of ether oxygens (including phenoxy) is 3. The minimum Gasteiger partial charge on any atom is -0.507 e. The van der Waals surface area contributed by atoms with Gasteiger partial charge in [-0.1, -0.05) is 54.6 Å². The number of aromatic hydroxyl groups is 2. The number of rotatable bonds is 9. The Kier molecular flexibility index (Phi) is 10.9. The number of phenols is 2. The van der Waals surface area contributed by atoms with Crippen molar-refractivity contribution in [3.8, 4) is 28.7 Å². The molecule has 5 rings (SSSR count). The topological polar surface area (TPSA) is 119 Å². The van der Waals surface area contributed by atoms with Gasteiger partial charge in [-0.25, -0.2) is 14.4 Å². The maximum atomic E-state index is 13.1. The molecule has 0 aliphatic rings. The summed E-state index contributed by atoms with van der Waals surface area (Å²) in [6, 6.07) is 22.3. The molecule has 0 spiro atoms. The second-order valence-corrected chi connectivity index (χ2v) is 11.6. The lowest BCUT2D eigenvalue weighted by Crippen LogP contribution is -2.12. The Morgan fingerprint density at radius 1 is 0.558 bits per heavy atom. The first kappa shape index (κ1) is 36.7. The van der Waals surface area contributed by atoms with Crippen molar-refractivity contribution in [1.29, 1.82) is 0 Å². The summed E-state index contributed by atoms with van der Waals surface area (Å²) in [5, 5.41) is 20.4. The molecular weight excluding hydrogens is 677 g/mol. The maximum absolute atomic E-state index is 13.1. The fourth-order valence-corrected chi connectivity index (χ4v) is 5.04. The van der Waals surface area contributed by atoms with Gasteiger partial charge in [0.1, 0.15) is 39.9 Å². The van der Waals surface area contributed by atoms with Gasteiger partial charge in [-0.2, -0.15) is 13.2 Å². The lowest BCUT2D eigenvalue weighted by atomic mass is 10.0. The maximum Gasteiger partial charge on any atom is 0.416 e. The predicted molar refractivity (Wildman–Crippen MR) is 189 cm³/mol. The van der Waals surface area contributed by atoms with E-state index >= 15 is 0 Å². The lowest BCUT2D eigenvalue weighted by Gasteiger charge is -2.12. The molecule has 0 amide bonds. The number of hydrogen-bond acceptors (Lipinski definition) is 8. The Bertz CT molecular complexity index is 2220. The van der Waals surface area contributed by atoms with Crippen LogP contribution in [0.15, 0.2) is 103 Å². The number of esters is 3. The Balaban J connectivity index is 1.37. The van der Waals surface area contributed by atoms with Gasteiger partial charge in [-0.15, -0.1) is 0 Å². The van der Waals surface area contributed by atoms with Crippen LogP contribution in [-0.2, 0) is 6.18 Å². The van der Waals surface area contributed by atoms with Gasteiger partial charge < -0.3 is 24.4 Å². The van der Waals surface area contributed by atoms with Crippen LogP contribution in [0.25, 0.3) is 18.2 Å². The van der Waals surface area contributed by atoms with E-state index in [0.29, 0.717) is 40.1 Å². The van der Waals surface area contributed by atoms with Crippen molar-refractivity contribution < 1.29 is 52.0 Å². The van der Waals surface area contributed by atoms with Crippen LogP contribution < -0.4 is 14.2 Å². The Morgan fingerprint density at radius 2 is 1.08 bits per heavy atom. The minimum atomic E-state index is -4.74. The smallest absolute Gasteiger partial charge is 0.416 e. The van der Waals surface area contributed by atoms with Crippen molar-refractivity contribution in [1.82, 2.24) is 0 Å². The van der Waals surface area contributed by atoms with Crippen LogP contribution in [0.5, 0.6) is 28.7 Å². The third kappa shape index (κ3) is 9.13. The summed E-state index contributed by atoms with van der Waals surface area (Å²) in [4.78, 5) is 38.7. The molecule has 52 heavy (non-hydrogen) atoms. The molecular formula is C41H31F3O8. The van der Waals surface area contributed by atoms with E-state index in [-0.39, 0.29) is 22.8 Å². The van der Waals surface area contributed by atoms with Crippen molar-refractivity contribution in [2.45, 2.75) is 26.9 Å². The largest absolute Gasteiger partial charge is 0.507 e. The molecule has 11 heteroatoms. The molecule has 0 aliphatic carbocycles. The predicted octanol–water partition coefficient (Wildman–Crippen LogP) is 9.59. The van der Waals surface area contributed by atoms with Crippen molar-refractivity contribution in [3.05, 3.63) is 153 Å². The van der Waals surface area contributed by atoms with E-state index < -0.39 is 41.0 Å². The van der Waals surface area contributed by atoms with Crippen LogP contribution in [0, 0.1) is 13.8 Å². The highest BCUT2D eigenvalue weighted by molar-refractivity contribution is 5.95. The summed E-state index contributed by atoms with van der Waals surface area (Å²) in [6.45, 7) is 5.46. The number of allylic oxidation sites excluding steroid dienone is 1. The summed E-state index contributed by atoms with van der Waals surface area (Å²) in [5.74, 6) is -3.79. The summed E-state index contributed by atoms with van der Waals surface area (Å²) in [6.07, 6.45) is 2.37. The van der Waals surface area contributed by atoms with Crippen LogP contribution in [0.2, 0.25) is 0 Å². The molecule has 0 heterocycles. The number of carbonyl (C=O) groups is 3. The summed E-state index contributed by atoms with van der Waals surface area (Å²) in [7, 11) is 0. The van der Waals surface area contributed by atoms with Crippen molar-refractivity contribution >= 4 is 36.1 Å². The number of hydrogen-bond donors (Lipinski definition) is 2. The summed E-state index contributed by atoms with van der Waals surface area (Å²) in [5.41, 5.74) is 2.10. The van der Waals surface area contributed by atoms with E-state index in [9.17, 15) is 37.8 Å². The van der Waals surface area contributed by atoms with Gasteiger partial charge in [0, 0.05) is 6.07 Å². The van der Waals surface area contributed by atoms with Crippen LogP contribution in [-0.4, -0.2) is 28.1 Å². The van der Waals surface area contributed by atoms with E-state index in [0.717, 1.165) is 17.2 Å². The quantitative estimate of drug-likeness (QED) is 0.0883.